The number of hydrogen-bond acceptors (Lipinski definition) is 5. The quantitative estimate of drug-likeness (QED) is 0.140. The van der Waals surface area contributed by atoms with Gasteiger partial charge in [-0.05, 0) is 92.9 Å². The molecule has 0 fully saturated rings. The van der Waals surface area contributed by atoms with Crippen molar-refractivity contribution in [1.82, 2.24) is 14.9 Å². The average molecular weight is 579 g/mol. The van der Waals surface area contributed by atoms with Crippen LogP contribution < -0.4 is 15.8 Å². The number of nitrogens with one attached hydrogen (secondary N) is 1. The third-order valence-electron chi connectivity index (χ3n) is 7.76. The minimum Gasteiger partial charge on any atom is -0.493 e. The van der Waals surface area contributed by atoms with E-state index in [9.17, 15) is 14.7 Å². The first-order chi connectivity index (χ1) is 20.9. The third-order valence-corrected chi connectivity index (χ3v) is 7.76. The Labute approximate surface area is 251 Å². The van der Waals surface area contributed by atoms with Crippen molar-refractivity contribution in [2.75, 3.05) is 19.7 Å². The van der Waals surface area contributed by atoms with Gasteiger partial charge in [0, 0.05) is 28.6 Å². The van der Waals surface area contributed by atoms with Crippen molar-refractivity contribution in [3.63, 3.8) is 0 Å². The van der Waals surface area contributed by atoms with Crippen LogP contribution in [0.1, 0.15) is 63.2 Å². The van der Waals surface area contributed by atoms with Gasteiger partial charge in [0.15, 0.2) is 5.69 Å². The van der Waals surface area contributed by atoms with Gasteiger partial charge in [-0.25, -0.2) is 9.31 Å². The Hall–Kier alpha value is -4.69. The fourth-order valence-electron chi connectivity index (χ4n) is 5.73. The number of carbonyl (C=O) groups excluding carboxylic acids is 1. The second-order valence-corrected chi connectivity index (χ2v) is 10.9. The summed E-state index contributed by atoms with van der Waals surface area (Å²) in [6.45, 7) is 5.64. The van der Waals surface area contributed by atoms with Crippen molar-refractivity contribution >= 4 is 28.2 Å². The number of carboxylic acid groups (broad SMARTS) is 1. The zero-order valence-electron chi connectivity index (χ0n) is 24.7. The summed E-state index contributed by atoms with van der Waals surface area (Å²) < 4.78 is 7.83. The maximum absolute atomic E-state index is 12.8. The number of hydrogen-bond donors (Lipinski definition) is 3. The number of nitrogens with zero attached hydrogens (tertiary/aromatic N) is 2. The van der Waals surface area contributed by atoms with E-state index in [1.165, 1.54) is 0 Å². The van der Waals surface area contributed by atoms with Gasteiger partial charge in [-0.1, -0.05) is 48.9 Å². The zero-order valence-corrected chi connectivity index (χ0v) is 24.7. The lowest BCUT2D eigenvalue weighted by Gasteiger charge is -2.14. The fourth-order valence-corrected chi connectivity index (χ4v) is 5.73. The van der Waals surface area contributed by atoms with Gasteiger partial charge in [0.1, 0.15) is 5.75 Å². The summed E-state index contributed by atoms with van der Waals surface area (Å²) in [4.78, 5) is 25.1. The van der Waals surface area contributed by atoms with Crippen molar-refractivity contribution in [2.24, 2.45) is 5.73 Å². The molecule has 2 heterocycles. The molecule has 0 spiro atoms. The van der Waals surface area contributed by atoms with Crippen LogP contribution in [0.15, 0.2) is 72.8 Å². The Morgan fingerprint density at radius 2 is 1.67 bits per heavy atom. The standard InChI is InChI=1S/C35H38N4O4/c1-23-21-26(34(40)37-19-7-3-6-18-36)22-24(2)32(23)30-16-9-15-29-28(33(35(41)42)38-39(29)30)14-10-20-43-31-17-8-12-25-11-4-5-13-27(25)31/h4-5,8-9,11-13,15-17,21-22H,3,6-7,10,14,18-20,36H2,1-2H3,(H,37,40)(H,41,42). The summed E-state index contributed by atoms with van der Waals surface area (Å²) in [5.74, 6) is -0.358. The molecule has 0 saturated carbocycles. The van der Waals surface area contributed by atoms with E-state index < -0.39 is 5.97 Å². The monoisotopic (exact) mass is 578 g/mol. The van der Waals surface area contributed by atoms with E-state index in [0.29, 0.717) is 43.7 Å². The molecule has 0 unspecified atom stereocenters. The predicted octanol–water partition coefficient (Wildman–Crippen LogP) is 6.34. The van der Waals surface area contributed by atoms with Gasteiger partial charge < -0.3 is 20.9 Å². The molecule has 3 aromatic carbocycles. The van der Waals surface area contributed by atoms with Crippen molar-refractivity contribution < 1.29 is 19.4 Å². The molecule has 5 aromatic rings. The molecule has 0 aliphatic rings. The number of unbranched alkanes of at least 4 members (excludes halogenated alkanes) is 2. The number of nitrogens with two attached hydrogens (primary N) is 1. The number of aromatic carboxylic acids is 1. The van der Waals surface area contributed by atoms with E-state index in [4.69, 9.17) is 10.5 Å². The number of pyridine rings is 1. The van der Waals surface area contributed by atoms with Crippen LogP contribution in [0, 0.1) is 13.8 Å². The molecule has 0 saturated heterocycles. The van der Waals surface area contributed by atoms with Crippen LogP contribution in [-0.4, -0.2) is 46.3 Å². The number of aromatic nitrogens is 2. The summed E-state index contributed by atoms with van der Waals surface area (Å²) in [5, 5.41) is 19.8. The first kappa shape index (κ1) is 29.8. The highest BCUT2D eigenvalue weighted by atomic mass is 16.5. The normalized spacial score (nSPS) is 11.2. The second-order valence-electron chi connectivity index (χ2n) is 10.9. The predicted molar refractivity (Wildman–Crippen MR) is 170 cm³/mol. The molecule has 2 aromatic heterocycles. The topological polar surface area (TPSA) is 119 Å². The smallest absolute Gasteiger partial charge is 0.356 e. The minimum absolute atomic E-state index is 0.0403. The molecule has 4 N–H and O–H groups in total. The van der Waals surface area contributed by atoms with Crippen LogP contribution in [-0.2, 0) is 6.42 Å². The number of fused-ring (bicyclic) bond motifs is 2. The fraction of sp³-hybridized carbons (Fsp3) is 0.286. The highest BCUT2D eigenvalue weighted by Crippen LogP contribution is 2.31. The van der Waals surface area contributed by atoms with E-state index in [2.05, 4.69) is 22.5 Å². The minimum atomic E-state index is -1.06. The number of aryl methyl sites for hydroxylation is 3. The van der Waals surface area contributed by atoms with Gasteiger partial charge >= 0.3 is 5.97 Å². The molecule has 0 aliphatic carbocycles. The molecular formula is C35H38N4O4. The van der Waals surface area contributed by atoms with Crippen LogP contribution in [0.5, 0.6) is 5.75 Å². The molecule has 1 amide bonds. The number of carboxylic acids is 1. The SMILES string of the molecule is Cc1cc(C(=O)NCCCCCN)cc(C)c1-c1cccc2c(CCCOc3cccc4ccccc34)c(C(=O)O)nn12. The van der Waals surface area contributed by atoms with Gasteiger partial charge in [-0.2, -0.15) is 5.10 Å². The maximum atomic E-state index is 12.8. The van der Waals surface area contributed by atoms with E-state index in [1.807, 2.05) is 74.5 Å². The number of ether oxygens (including phenoxy) is 1. The van der Waals surface area contributed by atoms with Gasteiger partial charge in [0.05, 0.1) is 17.8 Å². The second kappa shape index (κ2) is 13.5. The summed E-state index contributed by atoms with van der Waals surface area (Å²) in [6.07, 6.45) is 3.96. The number of carbonyl (C=O) groups is 2. The van der Waals surface area contributed by atoms with Crippen molar-refractivity contribution in [2.45, 2.75) is 46.0 Å². The first-order valence-corrected chi connectivity index (χ1v) is 14.8. The molecule has 0 bridgehead atoms. The molecule has 0 atom stereocenters. The van der Waals surface area contributed by atoms with Crippen molar-refractivity contribution in [1.29, 1.82) is 0 Å². The molecule has 8 nitrogen and oxygen atoms in total. The summed E-state index contributed by atoms with van der Waals surface area (Å²) in [7, 11) is 0. The lowest BCUT2D eigenvalue weighted by atomic mass is 9.96. The van der Waals surface area contributed by atoms with E-state index in [-0.39, 0.29) is 11.6 Å². The zero-order chi connectivity index (χ0) is 30.3. The van der Waals surface area contributed by atoms with Gasteiger partial charge in [0.2, 0.25) is 0 Å². The molecule has 222 valence electrons. The Kier molecular flexibility index (Phi) is 9.37. The largest absolute Gasteiger partial charge is 0.493 e. The third kappa shape index (κ3) is 6.54. The Bertz CT molecular complexity index is 1750. The van der Waals surface area contributed by atoms with E-state index in [1.54, 1.807) is 4.52 Å². The van der Waals surface area contributed by atoms with Gasteiger partial charge in [-0.15, -0.1) is 0 Å². The molecule has 43 heavy (non-hydrogen) atoms. The Morgan fingerprint density at radius 1 is 0.930 bits per heavy atom. The van der Waals surface area contributed by atoms with Crippen molar-refractivity contribution in [3.05, 3.63) is 101 Å². The van der Waals surface area contributed by atoms with E-state index in [0.717, 1.165) is 63.7 Å². The summed E-state index contributed by atoms with van der Waals surface area (Å²) in [6, 6.07) is 23.6. The van der Waals surface area contributed by atoms with Crippen LogP contribution in [0.3, 0.4) is 0 Å². The van der Waals surface area contributed by atoms with Crippen LogP contribution in [0.25, 0.3) is 27.5 Å². The van der Waals surface area contributed by atoms with Gasteiger partial charge in [-0.3, -0.25) is 4.79 Å². The number of rotatable bonds is 13. The molecule has 0 radical (unpaired) electrons. The Balaban J connectivity index is 1.37. The van der Waals surface area contributed by atoms with Crippen LogP contribution in [0.4, 0.5) is 0 Å². The van der Waals surface area contributed by atoms with Crippen molar-refractivity contribution in [3.8, 4) is 17.0 Å². The highest BCUT2D eigenvalue weighted by Gasteiger charge is 2.22. The van der Waals surface area contributed by atoms with Crippen LogP contribution in [0.2, 0.25) is 0 Å². The summed E-state index contributed by atoms with van der Waals surface area (Å²) in [5.41, 5.74) is 11.2. The lowest BCUT2D eigenvalue weighted by molar-refractivity contribution is 0.0688. The molecule has 8 heteroatoms. The summed E-state index contributed by atoms with van der Waals surface area (Å²) >= 11 is 0. The van der Waals surface area contributed by atoms with E-state index >= 15 is 0 Å². The lowest BCUT2D eigenvalue weighted by Crippen LogP contribution is -2.24. The number of benzene rings is 3. The van der Waals surface area contributed by atoms with Crippen LogP contribution >= 0.6 is 0 Å². The maximum Gasteiger partial charge on any atom is 0.356 e. The molecule has 5 rings (SSSR count). The molecular weight excluding hydrogens is 540 g/mol. The van der Waals surface area contributed by atoms with Gasteiger partial charge in [0.25, 0.3) is 5.91 Å². The molecule has 0 aliphatic heterocycles. The average Bonchev–Trinajstić information content (AvgIpc) is 3.38. The Morgan fingerprint density at radius 3 is 2.44 bits per heavy atom. The first-order valence-electron chi connectivity index (χ1n) is 14.8. The highest BCUT2D eigenvalue weighted by molar-refractivity contribution is 5.96. The number of amides is 1.